The summed E-state index contributed by atoms with van der Waals surface area (Å²) in [6.07, 6.45) is 2.49. The van der Waals surface area contributed by atoms with Crippen molar-refractivity contribution in [2.75, 3.05) is 19.8 Å². The highest BCUT2D eigenvalue weighted by Gasteiger charge is 2.28. The molecule has 0 spiro atoms. The quantitative estimate of drug-likeness (QED) is 0.670. The van der Waals surface area contributed by atoms with Gasteiger partial charge < -0.3 is 15.6 Å². The first kappa shape index (κ1) is 10.5. The maximum Gasteiger partial charge on any atom is 0.306 e. The van der Waals surface area contributed by atoms with E-state index in [-0.39, 0.29) is 11.8 Å². The smallest absolute Gasteiger partial charge is 0.306 e. The van der Waals surface area contributed by atoms with Crippen LogP contribution in [0.25, 0.3) is 0 Å². The summed E-state index contributed by atoms with van der Waals surface area (Å²) in [4.78, 5) is 10.9. The number of carbonyl (C=O) groups is 1. The van der Waals surface area contributed by atoms with Crippen molar-refractivity contribution in [3.63, 3.8) is 0 Å². The molecule has 1 saturated heterocycles. The molecular weight excluding hydrogens is 170 g/mol. The summed E-state index contributed by atoms with van der Waals surface area (Å²) in [5.74, 6) is -0.888. The molecule has 1 rings (SSSR count). The molecule has 3 N–H and O–H groups in total. The minimum absolute atomic E-state index is 0.162. The van der Waals surface area contributed by atoms with E-state index in [1.165, 1.54) is 0 Å². The van der Waals surface area contributed by atoms with Crippen LogP contribution in [0.5, 0.6) is 0 Å². The summed E-state index contributed by atoms with van der Waals surface area (Å²) in [7, 11) is 0. The largest absolute Gasteiger partial charge is 0.481 e. The predicted molar refractivity (Wildman–Crippen MR) is 48.3 cm³/mol. The first-order valence-electron chi connectivity index (χ1n) is 4.76. The van der Waals surface area contributed by atoms with Gasteiger partial charge in [-0.25, -0.2) is 0 Å². The normalized spacial score (nSPS) is 25.5. The molecule has 4 heteroatoms. The number of nitrogens with two attached hydrogens (primary N) is 1. The van der Waals surface area contributed by atoms with Gasteiger partial charge in [0.2, 0.25) is 0 Å². The van der Waals surface area contributed by atoms with Crippen molar-refractivity contribution < 1.29 is 14.6 Å². The lowest BCUT2D eigenvalue weighted by molar-refractivity contribution is -0.146. The van der Waals surface area contributed by atoms with E-state index < -0.39 is 5.97 Å². The summed E-state index contributed by atoms with van der Waals surface area (Å²) < 4.78 is 5.26. The summed E-state index contributed by atoms with van der Waals surface area (Å²) in [5.41, 5.74) is 5.37. The Labute approximate surface area is 78.1 Å². The van der Waals surface area contributed by atoms with Crippen LogP contribution in [-0.4, -0.2) is 30.8 Å². The molecule has 0 aromatic rings. The van der Waals surface area contributed by atoms with Crippen LogP contribution in [0.2, 0.25) is 0 Å². The summed E-state index contributed by atoms with van der Waals surface area (Å²) in [6, 6.07) is 0. The molecule has 2 atom stereocenters. The molecule has 76 valence electrons. The van der Waals surface area contributed by atoms with Crippen LogP contribution in [0, 0.1) is 11.8 Å². The lowest BCUT2D eigenvalue weighted by atomic mass is 9.85. The monoisotopic (exact) mass is 187 g/mol. The molecule has 2 unspecified atom stereocenters. The van der Waals surface area contributed by atoms with Crippen LogP contribution in [-0.2, 0) is 9.53 Å². The van der Waals surface area contributed by atoms with Gasteiger partial charge in [-0.1, -0.05) is 0 Å². The highest BCUT2D eigenvalue weighted by atomic mass is 16.5. The Morgan fingerprint density at radius 2 is 2.46 bits per heavy atom. The standard InChI is InChI=1S/C9H17NO3/c10-4-3-8(9(11)12)7-2-1-5-13-6-7/h7-8H,1-6,10H2,(H,11,12). The molecule has 4 nitrogen and oxygen atoms in total. The minimum atomic E-state index is -0.735. The lowest BCUT2D eigenvalue weighted by Crippen LogP contribution is -2.32. The summed E-state index contributed by atoms with van der Waals surface area (Å²) in [6.45, 7) is 1.79. The first-order valence-corrected chi connectivity index (χ1v) is 4.76. The van der Waals surface area contributed by atoms with Crippen molar-refractivity contribution in [1.82, 2.24) is 0 Å². The molecule has 1 aliphatic heterocycles. The Morgan fingerprint density at radius 1 is 1.69 bits per heavy atom. The average Bonchev–Trinajstić information content (AvgIpc) is 2.15. The third-order valence-electron chi connectivity index (χ3n) is 2.56. The topological polar surface area (TPSA) is 72.6 Å². The van der Waals surface area contributed by atoms with E-state index in [1.54, 1.807) is 0 Å². The van der Waals surface area contributed by atoms with E-state index >= 15 is 0 Å². The van der Waals surface area contributed by atoms with Crippen LogP contribution in [0.3, 0.4) is 0 Å². The van der Waals surface area contributed by atoms with Crippen molar-refractivity contribution in [2.45, 2.75) is 19.3 Å². The minimum Gasteiger partial charge on any atom is -0.481 e. The van der Waals surface area contributed by atoms with E-state index in [9.17, 15) is 4.79 Å². The van der Waals surface area contributed by atoms with E-state index in [2.05, 4.69) is 0 Å². The van der Waals surface area contributed by atoms with Gasteiger partial charge in [-0.3, -0.25) is 4.79 Å². The van der Waals surface area contributed by atoms with Gasteiger partial charge in [0.15, 0.2) is 0 Å². The van der Waals surface area contributed by atoms with Gasteiger partial charge in [-0.05, 0) is 31.7 Å². The van der Waals surface area contributed by atoms with E-state index in [0.717, 1.165) is 19.4 Å². The summed E-state index contributed by atoms with van der Waals surface area (Å²) >= 11 is 0. The fraction of sp³-hybridized carbons (Fsp3) is 0.889. The Morgan fingerprint density at radius 3 is 2.92 bits per heavy atom. The van der Waals surface area contributed by atoms with Gasteiger partial charge >= 0.3 is 5.97 Å². The first-order chi connectivity index (χ1) is 6.25. The predicted octanol–water partition coefficient (Wildman–Crippen LogP) is 0.463. The van der Waals surface area contributed by atoms with Crippen molar-refractivity contribution in [2.24, 2.45) is 17.6 Å². The van der Waals surface area contributed by atoms with Crippen LogP contribution < -0.4 is 5.73 Å². The number of aliphatic carboxylic acids is 1. The van der Waals surface area contributed by atoms with E-state index in [0.29, 0.717) is 19.6 Å². The van der Waals surface area contributed by atoms with Gasteiger partial charge in [0.25, 0.3) is 0 Å². The van der Waals surface area contributed by atoms with E-state index in [1.807, 2.05) is 0 Å². The van der Waals surface area contributed by atoms with Crippen molar-refractivity contribution >= 4 is 5.97 Å². The number of carboxylic acid groups (broad SMARTS) is 1. The third kappa shape index (κ3) is 2.97. The zero-order valence-electron chi connectivity index (χ0n) is 7.74. The molecule has 0 bridgehead atoms. The zero-order valence-corrected chi connectivity index (χ0v) is 7.74. The van der Waals surface area contributed by atoms with Gasteiger partial charge in [0, 0.05) is 6.61 Å². The fourth-order valence-corrected chi connectivity index (χ4v) is 1.82. The highest BCUT2D eigenvalue weighted by molar-refractivity contribution is 5.70. The lowest BCUT2D eigenvalue weighted by Gasteiger charge is -2.27. The molecular formula is C9H17NO3. The van der Waals surface area contributed by atoms with Gasteiger partial charge in [0.05, 0.1) is 12.5 Å². The number of carboxylic acids is 1. The Kier molecular flexibility index (Phi) is 4.18. The van der Waals surface area contributed by atoms with Crippen LogP contribution in [0.1, 0.15) is 19.3 Å². The molecule has 1 aliphatic rings. The number of rotatable bonds is 4. The Balaban J connectivity index is 2.46. The Hall–Kier alpha value is -0.610. The highest BCUT2D eigenvalue weighted by Crippen LogP contribution is 2.24. The molecule has 0 aromatic carbocycles. The van der Waals surface area contributed by atoms with Crippen LogP contribution in [0.15, 0.2) is 0 Å². The molecule has 0 saturated carbocycles. The van der Waals surface area contributed by atoms with Gasteiger partial charge in [-0.15, -0.1) is 0 Å². The number of hydrogen-bond donors (Lipinski definition) is 2. The molecule has 13 heavy (non-hydrogen) atoms. The zero-order chi connectivity index (χ0) is 9.68. The average molecular weight is 187 g/mol. The second-order valence-corrected chi connectivity index (χ2v) is 3.50. The second kappa shape index (κ2) is 5.19. The molecule has 0 aromatic heterocycles. The SMILES string of the molecule is NCCC(C(=O)O)C1CCCOC1. The maximum atomic E-state index is 10.9. The van der Waals surface area contributed by atoms with Gasteiger partial charge in [-0.2, -0.15) is 0 Å². The van der Waals surface area contributed by atoms with E-state index in [4.69, 9.17) is 15.6 Å². The van der Waals surface area contributed by atoms with Gasteiger partial charge in [0.1, 0.15) is 0 Å². The molecule has 0 radical (unpaired) electrons. The van der Waals surface area contributed by atoms with Crippen LogP contribution >= 0.6 is 0 Å². The van der Waals surface area contributed by atoms with Crippen molar-refractivity contribution in [3.05, 3.63) is 0 Å². The van der Waals surface area contributed by atoms with Crippen LogP contribution in [0.4, 0.5) is 0 Å². The molecule has 0 aliphatic carbocycles. The number of hydrogen-bond acceptors (Lipinski definition) is 3. The van der Waals surface area contributed by atoms with Crippen molar-refractivity contribution in [3.8, 4) is 0 Å². The molecule has 0 amide bonds. The maximum absolute atomic E-state index is 10.9. The molecule has 1 fully saturated rings. The molecule has 1 heterocycles. The number of ether oxygens (including phenoxy) is 1. The Bertz CT molecular complexity index is 166. The fourth-order valence-electron chi connectivity index (χ4n) is 1.82. The second-order valence-electron chi connectivity index (χ2n) is 3.50. The van der Waals surface area contributed by atoms with Crippen molar-refractivity contribution in [1.29, 1.82) is 0 Å². The third-order valence-corrected chi connectivity index (χ3v) is 2.56. The summed E-state index contributed by atoms with van der Waals surface area (Å²) in [5, 5.41) is 8.95.